The molecule has 0 atom stereocenters. The summed E-state index contributed by atoms with van der Waals surface area (Å²) in [5.41, 5.74) is 1.36. The van der Waals surface area contributed by atoms with E-state index in [0.717, 1.165) is 5.56 Å². The molecule has 7 heteroatoms. The number of aromatic nitrogens is 5. The highest BCUT2D eigenvalue weighted by atomic mass is 16.4. The summed E-state index contributed by atoms with van der Waals surface area (Å²) in [6.45, 7) is 0. The van der Waals surface area contributed by atoms with E-state index in [4.69, 9.17) is 5.11 Å². The zero-order valence-corrected chi connectivity index (χ0v) is 10.2. The second-order valence-electron chi connectivity index (χ2n) is 3.93. The number of aromatic carboxylic acids is 1. The normalized spacial score (nSPS) is 10.4. The maximum absolute atomic E-state index is 11.1. The van der Waals surface area contributed by atoms with Crippen LogP contribution in [0.4, 0.5) is 0 Å². The molecule has 7 nitrogen and oxygen atoms in total. The molecule has 0 radical (unpaired) electrons. The van der Waals surface area contributed by atoms with Crippen molar-refractivity contribution >= 4 is 5.97 Å². The molecule has 0 amide bonds. The van der Waals surface area contributed by atoms with Gasteiger partial charge in [0.1, 0.15) is 0 Å². The lowest BCUT2D eigenvalue weighted by Gasteiger charge is -2.05. The lowest BCUT2D eigenvalue weighted by atomic mass is 10.2. The van der Waals surface area contributed by atoms with E-state index in [1.807, 2.05) is 0 Å². The quantitative estimate of drug-likeness (QED) is 0.771. The highest BCUT2D eigenvalue weighted by molar-refractivity contribution is 5.87. The molecule has 0 aliphatic carbocycles. The van der Waals surface area contributed by atoms with Crippen molar-refractivity contribution in [2.75, 3.05) is 0 Å². The molecule has 0 spiro atoms. The standard InChI is InChI=1S/C13H9N5O2/c19-13(20)10-7-11(9-1-3-14-4-2-9)18(17-10)12-8-15-5-6-16-12/h1-8H,(H,19,20). The predicted octanol–water partition coefficient (Wildman–Crippen LogP) is 1.42. The van der Waals surface area contributed by atoms with Gasteiger partial charge >= 0.3 is 5.97 Å². The lowest BCUT2D eigenvalue weighted by Crippen LogP contribution is -2.04. The molecule has 0 aliphatic heterocycles. The molecule has 3 aromatic heterocycles. The Hall–Kier alpha value is -3.09. The molecule has 0 saturated heterocycles. The first-order valence-corrected chi connectivity index (χ1v) is 5.76. The first-order chi connectivity index (χ1) is 9.75. The van der Waals surface area contributed by atoms with Gasteiger partial charge in [0, 0.05) is 30.4 Å². The number of pyridine rings is 1. The number of carbonyl (C=O) groups is 1. The molecular formula is C13H9N5O2. The van der Waals surface area contributed by atoms with Crippen LogP contribution in [0, 0.1) is 0 Å². The van der Waals surface area contributed by atoms with Crippen LogP contribution in [0.15, 0.2) is 49.2 Å². The molecule has 0 aromatic carbocycles. The Morgan fingerprint density at radius 3 is 2.55 bits per heavy atom. The maximum Gasteiger partial charge on any atom is 0.356 e. The van der Waals surface area contributed by atoms with Crippen molar-refractivity contribution in [2.45, 2.75) is 0 Å². The van der Waals surface area contributed by atoms with Crippen LogP contribution in [-0.2, 0) is 0 Å². The van der Waals surface area contributed by atoms with Crippen molar-refractivity contribution in [1.82, 2.24) is 24.7 Å². The topological polar surface area (TPSA) is 93.8 Å². The summed E-state index contributed by atoms with van der Waals surface area (Å²) in [5.74, 6) is -0.644. The fourth-order valence-electron chi connectivity index (χ4n) is 1.79. The first kappa shape index (κ1) is 12.0. The van der Waals surface area contributed by atoms with Crippen molar-refractivity contribution < 1.29 is 9.90 Å². The maximum atomic E-state index is 11.1. The largest absolute Gasteiger partial charge is 0.476 e. The minimum absolute atomic E-state index is 0.0533. The van der Waals surface area contributed by atoms with E-state index in [1.165, 1.54) is 29.3 Å². The second-order valence-corrected chi connectivity index (χ2v) is 3.93. The zero-order valence-electron chi connectivity index (χ0n) is 10.2. The van der Waals surface area contributed by atoms with Gasteiger partial charge in [-0.3, -0.25) is 9.97 Å². The third-order valence-corrected chi connectivity index (χ3v) is 2.67. The third-order valence-electron chi connectivity index (χ3n) is 2.67. The van der Waals surface area contributed by atoms with Crippen LogP contribution >= 0.6 is 0 Å². The summed E-state index contributed by atoms with van der Waals surface area (Å²) in [5, 5.41) is 13.1. The summed E-state index contributed by atoms with van der Waals surface area (Å²) in [7, 11) is 0. The number of rotatable bonds is 3. The Kier molecular flexibility index (Phi) is 2.92. The molecule has 1 N–H and O–H groups in total. The van der Waals surface area contributed by atoms with Gasteiger partial charge in [0.05, 0.1) is 11.9 Å². The van der Waals surface area contributed by atoms with Gasteiger partial charge in [0.15, 0.2) is 11.5 Å². The molecule has 3 rings (SSSR count). The minimum Gasteiger partial charge on any atom is -0.476 e. The highest BCUT2D eigenvalue weighted by Crippen LogP contribution is 2.22. The Balaban J connectivity index is 2.20. The Morgan fingerprint density at radius 1 is 1.10 bits per heavy atom. The molecule has 98 valence electrons. The molecule has 0 unspecified atom stereocenters. The summed E-state index contributed by atoms with van der Waals surface area (Å²) >= 11 is 0. The molecule has 3 heterocycles. The Morgan fingerprint density at radius 2 is 1.90 bits per heavy atom. The lowest BCUT2D eigenvalue weighted by molar-refractivity contribution is 0.0690. The highest BCUT2D eigenvalue weighted by Gasteiger charge is 2.16. The molecule has 0 fully saturated rings. The average molecular weight is 267 g/mol. The van der Waals surface area contributed by atoms with Gasteiger partial charge < -0.3 is 5.11 Å². The molecule has 3 aromatic rings. The second kappa shape index (κ2) is 4.88. The molecular weight excluding hydrogens is 258 g/mol. The van der Waals surface area contributed by atoms with Crippen LogP contribution in [0.1, 0.15) is 10.5 Å². The SMILES string of the molecule is O=C(O)c1cc(-c2ccncc2)n(-c2cnccn2)n1. The zero-order chi connectivity index (χ0) is 13.9. The van der Waals surface area contributed by atoms with Crippen LogP contribution in [-0.4, -0.2) is 35.8 Å². The summed E-state index contributed by atoms with van der Waals surface area (Å²) in [4.78, 5) is 23.2. The third kappa shape index (κ3) is 2.12. The average Bonchev–Trinajstić information content (AvgIpc) is 2.94. The predicted molar refractivity (Wildman–Crippen MR) is 69.3 cm³/mol. The van der Waals surface area contributed by atoms with Gasteiger partial charge in [-0.2, -0.15) is 5.10 Å². The molecule has 0 saturated carbocycles. The number of hydrogen-bond donors (Lipinski definition) is 1. The fourth-order valence-corrected chi connectivity index (χ4v) is 1.79. The summed E-state index contributed by atoms with van der Waals surface area (Å²) in [6, 6.07) is 5.04. The fraction of sp³-hybridized carbons (Fsp3) is 0. The van der Waals surface area contributed by atoms with Crippen LogP contribution < -0.4 is 0 Å². The Labute approximate surface area is 113 Å². The van der Waals surface area contributed by atoms with Crippen molar-refractivity contribution in [3.8, 4) is 17.1 Å². The van der Waals surface area contributed by atoms with E-state index < -0.39 is 5.97 Å². The van der Waals surface area contributed by atoms with E-state index >= 15 is 0 Å². The monoisotopic (exact) mass is 267 g/mol. The molecule has 0 aliphatic rings. The van der Waals surface area contributed by atoms with Crippen LogP contribution in [0.5, 0.6) is 0 Å². The van der Waals surface area contributed by atoms with Crippen LogP contribution in [0.3, 0.4) is 0 Å². The van der Waals surface area contributed by atoms with Gasteiger partial charge in [-0.1, -0.05) is 0 Å². The first-order valence-electron chi connectivity index (χ1n) is 5.76. The number of nitrogens with zero attached hydrogens (tertiary/aromatic N) is 5. The van der Waals surface area contributed by atoms with Crippen LogP contribution in [0.2, 0.25) is 0 Å². The summed E-state index contributed by atoms with van der Waals surface area (Å²) < 4.78 is 1.45. The van der Waals surface area contributed by atoms with Crippen molar-refractivity contribution in [3.05, 3.63) is 54.9 Å². The van der Waals surface area contributed by atoms with E-state index in [1.54, 1.807) is 24.5 Å². The number of carboxylic acids is 1. The molecule has 20 heavy (non-hydrogen) atoms. The van der Waals surface area contributed by atoms with Gasteiger partial charge in [-0.05, 0) is 18.2 Å². The van der Waals surface area contributed by atoms with E-state index in [-0.39, 0.29) is 5.69 Å². The van der Waals surface area contributed by atoms with Crippen molar-refractivity contribution in [2.24, 2.45) is 0 Å². The van der Waals surface area contributed by atoms with Gasteiger partial charge in [0.2, 0.25) is 0 Å². The van der Waals surface area contributed by atoms with Gasteiger partial charge in [0.25, 0.3) is 0 Å². The smallest absolute Gasteiger partial charge is 0.356 e. The van der Waals surface area contributed by atoms with Gasteiger partial charge in [-0.15, -0.1) is 0 Å². The minimum atomic E-state index is -1.09. The molecule has 0 bridgehead atoms. The number of carboxylic acid groups (broad SMARTS) is 1. The summed E-state index contributed by atoms with van der Waals surface area (Å²) in [6.07, 6.45) is 7.84. The number of hydrogen-bond acceptors (Lipinski definition) is 5. The van der Waals surface area contributed by atoms with E-state index in [9.17, 15) is 4.79 Å². The van der Waals surface area contributed by atoms with E-state index in [2.05, 4.69) is 20.1 Å². The van der Waals surface area contributed by atoms with E-state index in [0.29, 0.717) is 11.5 Å². The Bertz CT molecular complexity index is 683. The van der Waals surface area contributed by atoms with Crippen LogP contribution in [0.25, 0.3) is 17.1 Å². The van der Waals surface area contributed by atoms with Crippen molar-refractivity contribution in [1.29, 1.82) is 0 Å². The van der Waals surface area contributed by atoms with Crippen molar-refractivity contribution in [3.63, 3.8) is 0 Å². The van der Waals surface area contributed by atoms with Gasteiger partial charge in [-0.25, -0.2) is 14.5 Å².